The predicted molar refractivity (Wildman–Crippen MR) is 109 cm³/mol. The highest BCUT2D eigenvalue weighted by Crippen LogP contribution is 2.32. The average molecular weight is 422 g/mol. The Bertz CT molecular complexity index is 1140. The van der Waals surface area contributed by atoms with E-state index in [0.717, 1.165) is 11.0 Å². The van der Waals surface area contributed by atoms with Crippen molar-refractivity contribution in [2.75, 3.05) is 11.9 Å². The summed E-state index contributed by atoms with van der Waals surface area (Å²) in [5.41, 5.74) is -0.225. The molecule has 2 aromatic carbocycles. The Labute approximate surface area is 176 Å². The molecule has 4 rings (SSSR count). The SMILES string of the molecule is CCC1(c2ccccc2)NC(=O)N(CC(=O)Nc2ccc(-n3cncn3)c(F)c2)C1=O. The van der Waals surface area contributed by atoms with Crippen LogP contribution in [0.25, 0.3) is 5.69 Å². The van der Waals surface area contributed by atoms with Crippen LogP contribution in [-0.4, -0.2) is 44.1 Å². The molecule has 0 radical (unpaired) electrons. The van der Waals surface area contributed by atoms with Crippen LogP contribution in [0.2, 0.25) is 0 Å². The largest absolute Gasteiger partial charge is 0.325 e. The normalized spacial score (nSPS) is 18.2. The number of anilines is 1. The fourth-order valence-corrected chi connectivity index (χ4v) is 3.58. The van der Waals surface area contributed by atoms with E-state index in [1.807, 2.05) is 6.07 Å². The highest BCUT2D eigenvalue weighted by Gasteiger charge is 2.51. The van der Waals surface area contributed by atoms with Crippen molar-refractivity contribution in [3.05, 3.63) is 72.6 Å². The fourth-order valence-electron chi connectivity index (χ4n) is 3.58. The van der Waals surface area contributed by atoms with Gasteiger partial charge in [0, 0.05) is 5.69 Å². The van der Waals surface area contributed by atoms with E-state index in [9.17, 15) is 18.8 Å². The number of halogens is 1. The minimum atomic E-state index is -1.22. The van der Waals surface area contributed by atoms with Crippen LogP contribution in [0.3, 0.4) is 0 Å². The van der Waals surface area contributed by atoms with Gasteiger partial charge >= 0.3 is 6.03 Å². The number of imide groups is 1. The summed E-state index contributed by atoms with van der Waals surface area (Å²) in [5, 5.41) is 9.09. The molecule has 1 aliphatic rings. The molecule has 158 valence electrons. The second-order valence-corrected chi connectivity index (χ2v) is 7.00. The van der Waals surface area contributed by atoms with Crippen molar-refractivity contribution >= 4 is 23.5 Å². The van der Waals surface area contributed by atoms with Crippen molar-refractivity contribution in [3.8, 4) is 5.69 Å². The van der Waals surface area contributed by atoms with Crippen molar-refractivity contribution in [1.82, 2.24) is 25.0 Å². The molecular formula is C21H19FN6O3. The van der Waals surface area contributed by atoms with Gasteiger partial charge in [0.25, 0.3) is 5.91 Å². The van der Waals surface area contributed by atoms with Crippen LogP contribution in [-0.2, 0) is 15.1 Å². The zero-order valence-electron chi connectivity index (χ0n) is 16.6. The van der Waals surface area contributed by atoms with E-state index >= 15 is 0 Å². The molecule has 1 unspecified atom stereocenters. The van der Waals surface area contributed by atoms with Crippen LogP contribution in [0.4, 0.5) is 14.9 Å². The highest BCUT2D eigenvalue weighted by molar-refractivity contribution is 6.10. The minimum Gasteiger partial charge on any atom is -0.324 e. The number of rotatable bonds is 6. The van der Waals surface area contributed by atoms with Gasteiger partial charge in [0.15, 0.2) is 5.82 Å². The molecule has 10 heteroatoms. The molecule has 2 N–H and O–H groups in total. The molecule has 0 spiro atoms. The Hall–Kier alpha value is -4.08. The first-order chi connectivity index (χ1) is 14.9. The lowest BCUT2D eigenvalue weighted by Crippen LogP contribution is -2.44. The van der Waals surface area contributed by atoms with Crippen molar-refractivity contribution in [2.24, 2.45) is 0 Å². The zero-order valence-corrected chi connectivity index (χ0v) is 16.6. The molecule has 1 aliphatic heterocycles. The molecule has 0 aliphatic carbocycles. The number of carbonyl (C=O) groups excluding carboxylic acids is 3. The Kier molecular flexibility index (Phi) is 5.20. The van der Waals surface area contributed by atoms with Gasteiger partial charge in [-0.1, -0.05) is 37.3 Å². The molecule has 0 bridgehead atoms. The Morgan fingerprint density at radius 1 is 1.19 bits per heavy atom. The van der Waals surface area contributed by atoms with E-state index in [1.165, 1.54) is 29.5 Å². The van der Waals surface area contributed by atoms with Gasteiger partial charge in [-0.2, -0.15) is 5.10 Å². The summed E-state index contributed by atoms with van der Waals surface area (Å²) in [4.78, 5) is 42.7. The topological polar surface area (TPSA) is 109 Å². The Balaban J connectivity index is 1.48. The zero-order chi connectivity index (χ0) is 22.0. The lowest BCUT2D eigenvalue weighted by molar-refractivity contribution is -0.134. The first-order valence-electron chi connectivity index (χ1n) is 9.58. The summed E-state index contributed by atoms with van der Waals surface area (Å²) in [5.74, 6) is -1.75. The number of aromatic nitrogens is 3. The quantitative estimate of drug-likeness (QED) is 0.592. The van der Waals surface area contributed by atoms with Gasteiger partial charge in [-0.25, -0.2) is 18.9 Å². The first-order valence-corrected chi connectivity index (χ1v) is 9.58. The molecular weight excluding hydrogens is 403 g/mol. The van der Waals surface area contributed by atoms with Gasteiger partial charge in [0.1, 0.15) is 30.4 Å². The van der Waals surface area contributed by atoms with E-state index in [-0.39, 0.29) is 11.4 Å². The summed E-state index contributed by atoms with van der Waals surface area (Å²) in [7, 11) is 0. The van der Waals surface area contributed by atoms with Crippen molar-refractivity contribution in [1.29, 1.82) is 0 Å². The first kappa shape index (κ1) is 20.2. The molecule has 2 heterocycles. The predicted octanol–water partition coefficient (Wildman–Crippen LogP) is 2.20. The van der Waals surface area contributed by atoms with Crippen molar-refractivity contribution < 1.29 is 18.8 Å². The number of nitrogens with zero attached hydrogens (tertiary/aromatic N) is 4. The maximum absolute atomic E-state index is 14.4. The molecule has 1 saturated heterocycles. The van der Waals surface area contributed by atoms with Gasteiger partial charge in [-0.3, -0.25) is 14.5 Å². The van der Waals surface area contributed by atoms with Crippen LogP contribution >= 0.6 is 0 Å². The molecule has 1 fully saturated rings. The monoisotopic (exact) mass is 422 g/mol. The number of carbonyl (C=O) groups is 3. The maximum Gasteiger partial charge on any atom is 0.325 e. The lowest BCUT2D eigenvalue weighted by atomic mass is 9.87. The molecule has 4 amide bonds. The molecule has 1 aromatic heterocycles. The second kappa shape index (κ2) is 7.98. The summed E-state index contributed by atoms with van der Waals surface area (Å²) in [6, 6.07) is 12.3. The average Bonchev–Trinajstić information content (AvgIpc) is 3.38. The smallest absolute Gasteiger partial charge is 0.324 e. The molecule has 1 atom stereocenters. The molecule has 31 heavy (non-hydrogen) atoms. The minimum absolute atomic E-state index is 0.167. The Morgan fingerprint density at radius 2 is 1.97 bits per heavy atom. The van der Waals surface area contributed by atoms with Crippen LogP contribution in [0.15, 0.2) is 61.2 Å². The van der Waals surface area contributed by atoms with Gasteiger partial charge < -0.3 is 10.6 Å². The lowest BCUT2D eigenvalue weighted by Gasteiger charge is -2.25. The summed E-state index contributed by atoms with van der Waals surface area (Å²) >= 11 is 0. The standard InChI is InChI=1S/C21H19FN6O3/c1-2-21(14-6-4-3-5-7-14)19(30)27(20(31)26-21)11-18(29)25-15-8-9-17(16(22)10-15)28-13-23-12-24-28/h3-10,12-13H,2,11H2,1H3,(H,25,29)(H,26,31). The fraction of sp³-hybridized carbons (Fsp3) is 0.190. The maximum atomic E-state index is 14.4. The third kappa shape index (κ3) is 3.63. The number of urea groups is 1. The Morgan fingerprint density at radius 3 is 2.61 bits per heavy atom. The van der Waals surface area contributed by atoms with Gasteiger partial charge in [-0.15, -0.1) is 0 Å². The number of amides is 4. The highest BCUT2D eigenvalue weighted by atomic mass is 19.1. The molecule has 3 aromatic rings. The van der Waals surface area contributed by atoms with Crippen LogP contribution in [0, 0.1) is 5.82 Å². The van der Waals surface area contributed by atoms with E-state index in [2.05, 4.69) is 20.7 Å². The van der Waals surface area contributed by atoms with Gasteiger partial charge in [-0.05, 0) is 30.2 Å². The molecule has 9 nitrogen and oxygen atoms in total. The van der Waals surface area contributed by atoms with Crippen molar-refractivity contribution in [2.45, 2.75) is 18.9 Å². The van der Waals surface area contributed by atoms with E-state index in [1.54, 1.807) is 31.2 Å². The molecule has 0 saturated carbocycles. The van der Waals surface area contributed by atoms with E-state index < -0.39 is 35.7 Å². The number of nitrogens with one attached hydrogen (secondary N) is 2. The number of hydrogen-bond acceptors (Lipinski definition) is 5. The summed E-state index contributed by atoms with van der Waals surface area (Å²) in [6.07, 6.45) is 2.95. The third-order valence-electron chi connectivity index (χ3n) is 5.17. The van der Waals surface area contributed by atoms with Gasteiger partial charge in [0.2, 0.25) is 5.91 Å². The summed E-state index contributed by atoms with van der Waals surface area (Å²) in [6.45, 7) is 1.29. The number of hydrogen-bond donors (Lipinski definition) is 2. The van der Waals surface area contributed by atoms with Crippen LogP contribution in [0.1, 0.15) is 18.9 Å². The summed E-state index contributed by atoms with van der Waals surface area (Å²) < 4.78 is 15.6. The number of benzene rings is 2. The van der Waals surface area contributed by atoms with E-state index in [0.29, 0.717) is 12.0 Å². The van der Waals surface area contributed by atoms with E-state index in [4.69, 9.17) is 0 Å². The van der Waals surface area contributed by atoms with Crippen molar-refractivity contribution in [3.63, 3.8) is 0 Å². The third-order valence-corrected chi connectivity index (χ3v) is 5.17. The van der Waals surface area contributed by atoms with Gasteiger partial charge in [0.05, 0.1) is 0 Å². The second-order valence-electron chi connectivity index (χ2n) is 7.00. The van der Waals surface area contributed by atoms with Crippen LogP contribution < -0.4 is 10.6 Å². The van der Waals surface area contributed by atoms with Crippen LogP contribution in [0.5, 0.6) is 0 Å².